The van der Waals surface area contributed by atoms with Crippen LogP contribution in [0.15, 0.2) is 41.0 Å². The van der Waals surface area contributed by atoms with Gasteiger partial charge in [-0.3, -0.25) is 14.9 Å². The Labute approximate surface area is 133 Å². The normalized spacial score (nSPS) is 11.1. The van der Waals surface area contributed by atoms with Crippen molar-refractivity contribution in [1.29, 1.82) is 0 Å². The van der Waals surface area contributed by atoms with Crippen LogP contribution < -0.4 is 10.6 Å². The van der Waals surface area contributed by atoms with Gasteiger partial charge >= 0.3 is 6.18 Å². The quantitative estimate of drug-likeness (QED) is 0.621. The third-order valence-electron chi connectivity index (χ3n) is 3.00. The molecule has 0 spiro atoms. The molecular formula is C14H12F3N3O4. The smallest absolute Gasteiger partial charge is 0.418 e. The van der Waals surface area contributed by atoms with Gasteiger partial charge in [0.05, 0.1) is 29.8 Å². The van der Waals surface area contributed by atoms with Crippen molar-refractivity contribution in [2.24, 2.45) is 0 Å². The first-order chi connectivity index (χ1) is 11.3. The van der Waals surface area contributed by atoms with Crippen LogP contribution in [-0.4, -0.2) is 17.4 Å². The summed E-state index contributed by atoms with van der Waals surface area (Å²) in [4.78, 5) is 21.3. The van der Waals surface area contributed by atoms with Crippen LogP contribution in [0.1, 0.15) is 11.3 Å². The molecule has 128 valence electrons. The van der Waals surface area contributed by atoms with Crippen LogP contribution in [0.3, 0.4) is 0 Å². The van der Waals surface area contributed by atoms with E-state index in [2.05, 4.69) is 10.6 Å². The lowest BCUT2D eigenvalue weighted by Crippen LogP contribution is -2.29. The van der Waals surface area contributed by atoms with Crippen molar-refractivity contribution in [3.05, 3.63) is 58.0 Å². The molecule has 1 amide bonds. The number of nitrogens with zero attached hydrogens (tertiary/aromatic N) is 1. The first-order valence-electron chi connectivity index (χ1n) is 6.66. The molecule has 0 aliphatic rings. The Balaban J connectivity index is 2.03. The fourth-order valence-electron chi connectivity index (χ4n) is 1.87. The van der Waals surface area contributed by atoms with E-state index in [1.807, 2.05) is 0 Å². The number of rotatable bonds is 6. The summed E-state index contributed by atoms with van der Waals surface area (Å²) in [5.41, 5.74) is -2.31. The number of amides is 1. The van der Waals surface area contributed by atoms with Gasteiger partial charge in [0, 0.05) is 17.8 Å². The number of furan rings is 1. The summed E-state index contributed by atoms with van der Waals surface area (Å²) < 4.78 is 43.9. The lowest BCUT2D eigenvalue weighted by Gasteiger charge is -2.14. The van der Waals surface area contributed by atoms with Gasteiger partial charge in [0.15, 0.2) is 0 Å². The van der Waals surface area contributed by atoms with Crippen LogP contribution in [0, 0.1) is 10.1 Å². The van der Waals surface area contributed by atoms with Crippen LogP contribution in [0.4, 0.5) is 24.5 Å². The molecule has 0 atom stereocenters. The second kappa shape index (κ2) is 7.02. The van der Waals surface area contributed by atoms with Gasteiger partial charge in [-0.1, -0.05) is 0 Å². The maximum absolute atomic E-state index is 13.0. The number of nitro benzene ring substituents is 1. The first-order valence-corrected chi connectivity index (χ1v) is 6.66. The number of hydrogen-bond donors (Lipinski definition) is 2. The molecule has 2 N–H and O–H groups in total. The third kappa shape index (κ3) is 4.48. The number of halogens is 3. The van der Waals surface area contributed by atoms with E-state index in [9.17, 15) is 28.1 Å². The molecule has 1 aromatic heterocycles. The highest BCUT2D eigenvalue weighted by molar-refractivity contribution is 5.81. The lowest BCUT2D eigenvalue weighted by atomic mass is 10.1. The SMILES string of the molecule is O=C(CNc1ccc([N+](=O)[O-])cc1C(F)(F)F)NCc1ccco1. The van der Waals surface area contributed by atoms with Gasteiger partial charge in [-0.2, -0.15) is 13.2 Å². The number of benzene rings is 1. The van der Waals surface area contributed by atoms with Crippen molar-refractivity contribution in [1.82, 2.24) is 5.32 Å². The van der Waals surface area contributed by atoms with Gasteiger partial charge in [-0.25, -0.2) is 0 Å². The Morgan fingerprint density at radius 2 is 2.04 bits per heavy atom. The zero-order valence-corrected chi connectivity index (χ0v) is 12.1. The lowest BCUT2D eigenvalue weighted by molar-refractivity contribution is -0.385. The van der Waals surface area contributed by atoms with Crippen molar-refractivity contribution in [2.45, 2.75) is 12.7 Å². The summed E-state index contributed by atoms with van der Waals surface area (Å²) in [5, 5.41) is 15.4. The predicted molar refractivity (Wildman–Crippen MR) is 77.1 cm³/mol. The largest absolute Gasteiger partial charge is 0.467 e. The Kier molecular flexibility index (Phi) is 5.07. The summed E-state index contributed by atoms with van der Waals surface area (Å²) in [6.07, 6.45) is -3.37. The number of nitrogens with one attached hydrogen (secondary N) is 2. The van der Waals surface area contributed by atoms with E-state index in [1.54, 1.807) is 12.1 Å². The second-order valence-corrected chi connectivity index (χ2v) is 4.69. The van der Waals surface area contributed by atoms with E-state index in [1.165, 1.54) is 6.26 Å². The number of anilines is 1. The minimum atomic E-state index is -4.79. The third-order valence-corrected chi connectivity index (χ3v) is 3.00. The molecule has 2 aromatic rings. The minimum Gasteiger partial charge on any atom is -0.467 e. The summed E-state index contributed by atoms with van der Waals surface area (Å²) in [7, 11) is 0. The second-order valence-electron chi connectivity index (χ2n) is 4.69. The molecule has 10 heteroatoms. The van der Waals surface area contributed by atoms with Crippen LogP contribution in [-0.2, 0) is 17.5 Å². The summed E-state index contributed by atoms with van der Waals surface area (Å²) in [5.74, 6) is -0.0625. The topological polar surface area (TPSA) is 97.4 Å². The van der Waals surface area contributed by atoms with E-state index in [0.717, 1.165) is 12.1 Å². The number of hydrogen-bond acceptors (Lipinski definition) is 5. The van der Waals surface area contributed by atoms with Crippen molar-refractivity contribution in [3.63, 3.8) is 0 Å². The van der Waals surface area contributed by atoms with E-state index in [4.69, 9.17) is 4.42 Å². The number of alkyl halides is 3. The van der Waals surface area contributed by atoms with Crippen LogP contribution in [0.25, 0.3) is 0 Å². The minimum absolute atomic E-state index is 0.0971. The van der Waals surface area contributed by atoms with Crippen molar-refractivity contribution < 1.29 is 27.3 Å². The molecule has 0 aliphatic heterocycles. The number of non-ortho nitro benzene ring substituents is 1. The maximum atomic E-state index is 13.0. The summed E-state index contributed by atoms with van der Waals surface area (Å²) in [6.45, 7) is -0.332. The Hall–Kier alpha value is -3.04. The predicted octanol–water partition coefficient (Wildman–Crippen LogP) is 2.93. The van der Waals surface area contributed by atoms with E-state index in [-0.39, 0.29) is 6.54 Å². The zero-order chi connectivity index (χ0) is 17.7. The molecule has 0 saturated carbocycles. The molecule has 7 nitrogen and oxygen atoms in total. The molecule has 1 aromatic carbocycles. The van der Waals surface area contributed by atoms with E-state index >= 15 is 0 Å². The Morgan fingerprint density at radius 3 is 2.62 bits per heavy atom. The molecule has 1 heterocycles. The van der Waals surface area contributed by atoms with Gasteiger partial charge in [-0.05, 0) is 18.2 Å². The first kappa shape index (κ1) is 17.3. The van der Waals surface area contributed by atoms with Crippen LogP contribution >= 0.6 is 0 Å². The molecule has 0 saturated heterocycles. The number of nitro groups is 1. The fraction of sp³-hybridized carbons (Fsp3) is 0.214. The molecule has 0 radical (unpaired) electrons. The molecule has 0 bridgehead atoms. The number of carbonyl (C=O) groups excluding carboxylic acids is 1. The van der Waals surface area contributed by atoms with E-state index < -0.39 is 40.5 Å². The van der Waals surface area contributed by atoms with Crippen molar-refractivity contribution >= 4 is 17.3 Å². The molecule has 0 unspecified atom stereocenters. The molecule has 0 aliphatic carbocycles. The highest BCUT2D eigenvalue weighted by Crippen LogP contribution is 2.36. The van der Waals surface area contributed by atoms with E-state index in [0.29, 0.717) is 11.8 Å². The van der Waals surface area contributed by atoms with Gasteiger partial charge in [0.2, 0.25) is 5.91 Å². The average Bonchev–Trinajstić information content (AvgIpc) is 3.03. The fourth-order valence-corrected chi connectivity index (χ4v) is 1.87. The standard InChI is InChI=1S/C14H12F3N3O4/c15-14(16,17)11-6-9(20(22)23)3-4-12(11)18-8-13(21)19-7-10-2-1-5-24-10/h1-6,18H,7-8H2,(H,19,21). The summed E-state index contributed by atoms with van der Waals surface area (Å²) in [6, 6.07) is 5.53. The zero-order valence-electron chi connectivity index (χ0n) is 12.1. The number of carbonyl (C=O) groups is 1. The van der Waals surface area contributed by atoms with Gasteiger partial charge in [-0.15, -0.1) is 0 Å². The van der Waals surface area contributed by atoms with Crippen LogP contribution in [0.2, 0.25) is 0 Å². The highest BCUT2D eigenvalue weighted by atomic mass is 19.4. The summed E-state index contributed by atoms with van der Waals surface area (Å²) >= 11 is 0. The Morgan fingerprint density at radius 1 is 1.29 bits per heavy atom. The average molecular weight is 343 g/mol. The molecule has 0 fully saturated rings. The van der Waals surface area contributed by atoms with Crippen LogP contribution in [0.5, 0.6) is 0 Å². The monoisotopic (exact) mass is 343 g/mol. The molecule has 2 rings (SSSR count). The molecular weight excluding hydrogens is 331 g/mol. The Bertz CT molecular complexity index is 729. The van der Waals surface area contributed by atoms with Crippen molar-refractivity contribution in [3.8, 4) is 0 Å². The molecule has 24 heavy (non-hydrogen) atoms. The van der Waals surface area contributed by atoms with Crippen molar-refractivity contribution in [2.75, 3.05) is 11.9 Å². The van der Waals surface area contributed by atoms with Gasteiger partial charge in [0.1, 0.15) is 5.76 Å². The van der Waals surface area contributed by atoms with Gasteiger partial charge in [0.25, 0.3) is 5.69 Å². The van der Waals surface area contributed by atoms with Gasteiger partial charge < -0.3 is 15.1 Å². The maximum Gasteiger partial charge on any atom is 0.418 e. The highest BCUT2D eigenvalue weighted by Gasteiger charge is 2.35.